The van der Waals surface area contributed by atoms with Crippen LogP contribution >= 0.6 is 0 Å². The third-order valence-corrected chi connectivity index (χ3v) is 7.50. The van der Waals surface area contributed by atoms with Crippen LogP contribution in [0, 0.1) is 29.4 Å². The Hall–Kier alpha value is -2.30. The number of hydrogen-bond donors (Lipinski definition) is 0. The summed E-state index contributed by atoms with van der Waals surface area (Å²) in [7, 11) is 0. The number of ether oxygens (including phenoxy) is 1. The molecular weight excluding hydrogens is 464 g/mol. The topological polar surface area (TPSA) is 9.23 Å². The van der Waals surface area contributed by atoms with Gasteiger partial charge in [-0.2, -0.15) is 4.39 Å². The average molecular weight is 507 g/mol. The van der Waals surface area contributed by atoms with Gasteiger partial charge in [0, 0.05) is 0 Å². The van der Waals surface area contributed by atoms with E-state index >= 15 is 0 Å². The van der Waals surface area contributed by atoms with Gasteiger partial charge in [0.15, 0.2) is 29.0 Å². The SMILES string of the molecule is C=C(OCC)/C(F)=C(/F)C(=C)C(C)CCC(C)CCc1ccc(C2CCC(/C=C/C)CC2)c(F)c1F. The van der Waals surface area contributed by atoms with Crippen LogP contribution in [0.15, 0.2) is 60.4 Å². The largest absolute Gasteiger partial charge is 0.491 e. The van der Waals surface area contributed by atoms with Crippen LogP contribution in [0.4, 0.5) is 17.6 Å². The Bertz CT molecular complexity index is 954. The molecule has 0 spiro atoms. The van der Waals surface area contributed by atoms with Gasteiger partial charge >= 0.3 is 0 Å². The second kappa shape index (κ2) is 14.4. The number of benzene rings is 1. The summed E-state index contributed by atoms with van der Waals surface area (Å²) in [5.41, 5.74) is 0.975. The first-order chi connectivity index (χ1) is 17.1. The van der Waals surface area contributed by atoms with Gasteiger partial charge in [-0.05, 0) is 99.2 Å². The average Bonchev–Trinajstić information content (AvgIpc) is 2.87. The molecule has 1 aromatic carbocycles. The van der Waals surface area contributed by atoms with Gasteiger partial charge in [0.25, 0.3) is 0 Å². The number of rotatable bonds is 13. The van der Waals surface area contributed by atoms with Crippen molar-refractivity contribution in [1.82, 2.24) is 0 Å². The maximum atomic E-state index is 14.9. The Kier molecular flexibility index (Phi) is 12.0. The molecule has 0 bridgehead atoms. The van der Waals surface area contributed by atoms with E-state index in [0.717, 1.165) is 32.1 Å². The van der Waals surface area contributed by atoms with Crippen LogP contribution in [0.5, 0.6) is 0 Å². The van der Waals surface area contributed by atoms with E-state index < -0.39 is 23.3 Å². The summed E-state index contributed by atoms with van der Waals surface area (Å²) in [5.74, 6) is -3.35. The molecule has 200 valence electrons. The van der Waals surface area contributed by atoms with Crippen LogP contribution < -0.4 is 0 Å². The second-order valence-corrected chi connectivity index (χ2v) is 10.2. The van der Waals surface area contributed by atoms with Gasteiger partial charge in [0.2, 0.25) is 0 Å². The first kappa shape index (κ1) is 29.9. The minimum atomic E-state index is -1.12. The first-order valence-corrected chi connectivity index (χ1v) is 13.3. The molecule has 1 aliphatic rings. The summed E-state index contributed by atoms with van der Waals surface area (Å²) in [4.78, 5) is 0. The zero-order valence-corrected chi connectivity index (χ0v) is 22.3. The van der Waals surface area contributed by atoms with Gasteiger partial charge in [-0.1, -0.05) is 57.7 Å². The lowest BCUT2D eigenvalue weighted by Crippen LogP contribution is -2.14. The molecule has 1 fully saturated rings. The predicted molar refractivity (Wildman–Crippen MR) is 141 cm³/mol. The van der Waals surface area contributed by atoms with Crippen LogP contribution in [-0.2, 0) is 11.2 Å². The van der Waals surface area contributed by atoms with Crippen molar-refractivity contribution in [3.8, 4) is 0 Å². The van der Waals surface area contributed by atoms with Crippen molar-refractivity contribution in [3.63, 3.8) is 0 Å². The smallest absolute Gasteiger partial charge is 0.200 e. The van der Waals surface area contributed by atoms with E-state index in [4.69, 9.17) is 4.74 Å². The Morgan fingerprint density at radius 2 is 1.67 bits per heavy atom. The van der Waals surface area contributed by atoms with Crippen LogP contribution in [0.1, 0.15) is 89.7 Å². The van der Waals surface area contributed by atoms with Gasteiger partial charge < -0.3 is 4.74 Å². The molecule has 2 unspecified atom stereocenters. The van der Waals surface area contributed by atoms with Gasteiger partial charge in [0.05, 0.1) is 6.61 Å². The van der Waals surface area contributed by atoms with Crippen molar-refractivity contribution in [3.05, 3.63) is 83.2 Å². The predicted octanol–water partition coefficient (Wildman–Crippen LogP) is 10.1. The molecule has 2 atom stereocenters. The molecule has 0 saturated heterocycles. The van der Waals surface area contributed by atoms with Crippen molar-refractivity contribution in [2.24, 2.45) is 17.8 Å². The molecule has 0 aliphatic heterocycles. The Balaban J connectivity index is 1.88. The monoisotopic (exact) mass is 506 g/mol. The summed E-state index contributed by atoms with van der Waals surface area (Å²) >= 11 is 0. The van der Waals surface area contributed by atoms with E-state index in [9.17, 15) is 17.6 Å². The Morgan fingerprint density at radius 1 is 1.00 bits per heavy atom. The maximum absolute atomic E-state index is 14.9. The van der Waals surface area contributed by atoms with Crippen LogP contribution in [0.2, 0.25) is 0 Å². The van der Waals surface area contributed by atoms with E-state index in [1.54, 1.807) is 26.0 Å². The molecular formula is C31H42F4O. The molecule has 36 heavy (non-hydrogen) atoms. The minimum absolute atomic E-state index is 0.0732. The van der Waals surface area contributed by atoms with E-state index in [-0.39, 0.29) is 35.7 Å². The van der Waals surface area contributed by atoms with Gasteiger partial charge in [-0.3, -0.25) is 0 Å². The maximum Gasteiger partial charge on any atom is 0.200 e. The fourth-order valence-electron chi connectivity index (χ4n) is 4.98. The van der Waals surface area contributed by atoms with Crippen LogP contribution in [0.3, 0.4) is 0 Å². The molecule has 0 radical (unpaired) electrons. The molecule has 0 amide bonds. The van der Waals surface area contributed by atoms with Crippen LogP contribution in [0.25, 0.3) is 0 Å². The van der Waals surface area contributed by atoms with Crippen molar-refractivity contribution in [2.75, 3.05) is 6.61 Å². The normalized spacial score (nSPS) is 20.7. The van der Waals surface area contributed by atoms with Gasteiger partial charge in [-0.25, -0.2) is 13.2 Å². The molecule has 5 heteroatoms. The summed E-state index contributed by atoms with van der Waals surface area (Å²) in [6.07, 6.45) is 10.5. The zero-order chi connectivity index (χ0) is 26.8. The fraction of sp³-hybridized carbons (Fsp3) is 0.548. The highest BCUT2D eigenvalue weighted by atomic mass is 19.2. The highest BCUT2D eigenvalue weighted by molar-refractivity contribution is 5.33. The number of aryl methyl sites for hydroxylation is 1. The molecule has 0 aromatic heterocycles. The molecule has 1 nitrogen and oxygen atoms in total. The van der Waals surface area contributed by atoms with Gasteiger partial charge in [-0.15, -0.1) is 0 Å². The number of hydrogen-bond acceptors (Lipinski definition) is 1. The summed E-state index contributed by atoms with van der Waals surface area (Å²) in [6, 6.07) is 3.50. The van der Waals surface area contributed by atoms with E-state index in [1.807, 2.05) is 13.8 Å². The summed E-state index contributed by atoms with van der Waals surface area (Å²) in [5, 5.41) is 0. The second-order valence-electron chi connectivity index (χ2n) is 10.2. The number of allylic oxidation sites excluding steroid dienone is 5. The summed E-state index contributed by atoms with van der Waals surface area (Å²) in [6.45, 7) is 14.8. The van der Waals surface area contributed by atoms with Gasteiger partial charge in [0.1, 0.15) is 0 Å². The zero-order valence-electron chi connectivity index (χ0n) is 22.3. The highest BCUT2D eigenvalue weighted by Gasteiger charge is 2.25. The van der Waals surface area contributed by atoms with Crippen molar-refractivity contribution in [1.29, 1.82) is 0 Å². The fourth-order valence-corrected chi connectivity index (χ4v) is 4.98. The first-order valence-electron chi connectivity index (χ1n) is 13.3. The molecule has 0 N–H and O–H groups in total. The highest BCUT2D eigenvalue weighted by Crippen LogP contribution is 2.38. The van der Waals surface area contributed by atoms with E-state index in [0.29, 0.717) is 36.3 Å². The molecule has 1 saturated carbocycles. The van der Waals surface area contributed by atoms with E-state index in [1.165, 1.54) is 0 Å². The Labute approximate surface area is 215 Å². The number of halogens is 4. The minimum Gasteiger partial charge on any atom is -0.491 e. The molecule has 0 heterocycles. The van der Waals surface area contributed by atoms with Crippen LogP contribution in [-0.4, -0.2) is 6.61 Å². The molecule has 1 aliphatic carbocycles. The molecule has 1 aromatic rings. The third-order valence-electron chi connectivity index (χ3n) is 7.50. The van der Waals surface area contributed by atoms with Crippen molar-refractivity contribution < 1.29 is 22.3 Å². The van der Waals surface area contributed by atoms with Crippen molar-refractivity contribution in [2.45, 2.75) is 85.0 Å². The standard InChI is InChI=1S/C31H42F4O/c1-7-9-24-13-16-25(17-14-24)27-19-18-26(30(34)31(27)35)15-11-20(3)10-12-21(4)22(5)28(32)29(33)23(6)36-8-2/h7,9,18-21,24-25H,5-6,8,10-17H2,1-4H3/b9-7+,29-28-. The summed E-state index contributed by atoms with van der Waals surface area (Å²) < 4.78 is 63.2. The lowest BCUT2D eigenvalue weighted by atomic mass is 9.78. The van der Waals surface area contributed by atoms with E-state index in [2.05, 4.69) is 25.3 Å². The Morgan fingerprint density at radius 3 is 2.28 bits per heavy atom. The quantitative estimate of drug-likeness (QED) is 0.112. The molecule has 2 rings (SSSR count). The van der Waals surface area contributed by atoms with Crippen molar-refractivity contribution >= 4 is 0 Å². The lowest BCUT2D eigenvalue weighted by molar-refractivity contribution is 0.223. The lowest BCUT2D eigenvalue weighted by Gasteiger charge is -2.27. The third kappa shape index (κ3) is 8.11.